The summed E-state index contributed by atoms with van der Waals surface area (Å²) in [5.41, 5.74) is 2.39. The van der Waals surface area contributed by atoms with E-state index in [0.717, 1.165) is 22.6 Å². The first-order valence-corrected chi connectivity index (χ1v) is 8.64. The Hall–Kier alpha value is -2.14. The molecule has 5 nitrogen and oxygen atoms in total. The van der Waals surface area contributed by atoms with Crippen LogP contribution in [0.2, 0.25) is 0 Å². The number of ether oxygens (including phenoxy) is 1. The van der Waals surface area contributed by atoms with Gasteiger partial charge >= 0.3 is 0 Å². The third-order valence-electron chi connectivity index (χ3n) is 5.03. The molecule has 1 atom stereocenters. The van der Waals surface area contributed by atoms with Crippen LogP contribution in [0.1, 0.15) is 44.6 Å². The Bertz CT molecular complexity index is 749. The van der Waals surface area contributed by atoms with Crippen LogP contribution < -0.4 is 4.74 Å². The summed E-state index contributed by atoms with van der Waals surface area (Å²) in [4.78, 5) is 25.9. The minimum Gasteiger partial charge on any atom is -0.496 e. The van der Waals surface area contributed by atoms with Gasteiger partial charge in [-0.3, -0.25) is 9.59 Å². The molecular weight excluding hydrogens is 316 g/mol. The molecule has 1 heterocycles. The summed E-state index contributed by atoms with van der Waals surface area (Å²) in [7, 11) is 5.31. The molecule has 134 valence electrons. The fourth-order valence-electron chi connectivity index (χ4n) is 4.08. The molecule has 0 spiro atoms. The van der Waals surface area contributed by atoms with Crippen LogP contribution >= 0.6 is 0 Å². The van der Waals surface area contributed by atoms with Gasteiger partial charge in [0.05, 0.1) is 7.11 Å². The van der Waals surface area contributed by atoms with Gasteiger partial charge in [0.15, 0.2) is 5.78 Å². The van der Waals surface area contributed by atoms with Gasteiger partial charge in [0.25, 0.3) is 0 Å². The lowest BCUT2D eigenvalue weighted by Crippen LogP contribution is -2.49. The number of benzene rings is 1. The van der Waals surface area contributed by atoms with E-state index in [0.29, 0.717) is 12.8 Å². The Morgan fingerprint density at radius 1 is 1.16 bits per heavy atom. The molecule has 1 unspecified atom stereocenters. The lowest BCUT2D eigenvalue weighted by Gasteiger charge is -2.44. The van der Waals surface area contributed by atoms with Gasteiger partial charge in [0.1, 0.15) is 5.75 Å². The van der Waals surface area contributed by atoms with Crippen molar-refractivity contribution in [1.82, 2.24) is 10.0 Å². The van der Waals surface area contributed by atoms with Crippen molar-refractivity contribution < 1.29 is 14.3 Å². The summed E-state index contributed by atoms with van der Waals surface area (Å²) >= 11 is 0. The minimum atomic E-state index is -0.238. The van der Waals surface area contributed by atoms with Crippen LogP contribution in [-0.2, 0) is 9.59 Å². The molecule has 1 aromatic rings. The van der Waals surface area contributed by atoms with Gasteiger partial charge < -0.3 is 4.74 Å². The van der Waals surface area contributed by atoms with Crippen molar-refractivity contribution >= 4 is 11.7 Å². The fourth-order valence-corrected chi connectivity index (χ4v) is 4.08. The normalized spacial score (nSPS) is 23.1. The van der Waals surface area contributed by atoms with Crippen molar-refractivity contribution in [3.8, 4) is 5.75 Å². The zero-order chi connectivity index (χ0) is 18.4. The second-order valence-electron chi connectivity index (χ2n) is 7.85. The summed E-state index contributed by atoms with van der Waals surface area (Å²) in [6.45, 7) is 4.17. The number of hydrogen-bond acceptors (Lipinski definition) is 4. The van der Waals surface area contributed by atoms with Gasteiger partial charge in [0.2, 0.25) is 5.91 Å². The third kappa shape index (κ3) is 3.09. The molecule has 1 amide bonds. The van der Waals surface area contributed by atoms with Gasteiger partial charge in [-0.1, -0.05) is 32.0 Å². The Balaban J connectivity index is 2.19. The fraction of sp³-hybridized carbons (Fsp3) is 0.500. The van der Waals surface area contributed by atoms with Crippen molar-refractivity contribution in [1.29, 1.82) is 0 Å². The van der Waals surface area contributed by atoms with Crippen LogP contribution in [0.4, 0.5) is 0 Å². The highest BCUT2D eigenvalue weighted by Gasteiger charge is 2.45. The number of amides is 1. The number of hydrazine groups is 1. The van der Waals surface area contributed by atoms with Crippen LogP contribution in [0.3, 0.4) is 0 Å². The van der Waals surface area contributed by atoms with Crippen molar-refractivity contribution in [2.45, 2.75) is 39.0 Å². The number of methoxy groups -OCH3 is 1. The Kier molecular flexibility index (Phi) is 4.45. The molecule has 5 heteroatoms. The van der Waals surface area contributed by atoms with E-state index in [-0.39, 0.29) is 29.4 Å². The molecule has 2 aliphatic rings. The summed E-state index contributed by atoms with van der Waals surface area (Å²) in [6, 6.07) is 7.67. The van der Waals surface area contributed by atoms with Gasteiger partial charge in [-0.05, 0) is 17.9 Å². The topological polar surface area (TPSA) is 49.9 Å². The molecule has 0 N–H and O–H groups in total. The summed E-state index contributed by atoms with van der Waals surface area (Å²) in [6.07, 6.45) is 1.50. The first-order valence-electron chi connectivity index (χ1n) is 8.64. The molecule has 0 radical (unpaired) electrons. The molecule has 25 heavy (non-hydrogen) atoms. The number of ketones is 1. The number of carbonyl (C=O) groups excluding carboxylic acids is 2. The van der Waals surface area contributed by atoms with Crippen LogP contribution in [0.15, 0.2) is 35.5 Å². The van der Waals surface area contributed by atoms with Gasteiger partial charge in [-0.25, -0.2) is 10.0 Å². The number of carbonyl (C=O) groups is 2. The maximum absolute atomic E-state index is 13.0. The predicted molar refractivity (Wildman–Crippen MR) is 95.9 cm³/mol. The number of Topliss-reactive ketones (excluding diaryl/α,β-unsaturated/α-hetero) is 1. The standard InChI is InChI=1S/C20H26N2O3/c1-20(2)11-15-19(16(23)12-20)14(10-18(24)22(15)21(3)4)13-8-6-7-9-17(13)25-5/h6-9,14H,10-12H2,1-5H3. The summed E-state index contributed by atoms with van der Waals surface area (Å²) in [5, 5.41) is 3.46. The molecule has 1 aliphatic heterocycles. The number of allylic oxidation sites excluding steroid dienone is 2. The van der Waals surface area contributed by atoms with Crippen LogP contribution in [0.5, 0.6) is 5.75 Å². The van der Waals surface area contributed by atoms with Crippen molar-refractivity contribution in [2.24, 2.45) is 5.41 Å². The molecule has 1 aliphatic carbocycles. The van der Waals surface area contributed by atoms with Crippen molar-refractivity contribution in [3.63, 3.8) is 0 Å². The average molecular weight is 342 g/mol. The van der Waals surface area contributed by atoms with E-state index in [9.17, 15) is 9.59 Å². The Labute approximate surface area is 149 Å². The number of nitrogens with zero attached hydrogens (tertiary/aromatic N) is 2. The number of hydrogen-bond donors (Lipinski definition) is 0. The molecule has 1 aromatic carbocycles. The SMILES string of the molecule is COc1ccccc1C1CC(=O)N(N(C)C)C2=C1C(=O)CC(C)(C)C2. The maximum Gasteiger partial charge on any atom is 0.242 e. The van der Waals surface area contributed by atoms with E-state index in [1.807, 2.05) is 38.4 Å². The first kappa shape index (κ1) is 17.7. The third-order valence-corrected chi connectivity index (χ3v) is 5.03. The zero-order valence-corrected chi connectivity index (χ0v) is 15.6. The highest BCUT2D eigenvalue weighted by Crippen LogP contribution is 2.48. The van der Waals surface area contributed by atoms with Crippen LogP contribution in [0.25, 0.3) is 0 Å². The van der Waals surface area contributed by atoms with E-state index in [2.05, 4.69) is 13.8 Å². The summed E-state index contributed by atoms with van der Waals surface area (Å²) in [5.74, 6) is 0.646. The monoisotopic (exact) mass is 342 g/mol. The van der Waals surface area contributed by atoms with E-state index < -0.39 is 0 Å². The average Bonchev–Trinajstić information content (AvgIpc) is 2.52. The lowest BCUT2D eigenvalue weighted by molar-refractivity contribution is -0.143. The van der Waals surface area contributed by atoms with Gasteiger partial charge in [0, 0.05) is 49.7 Å². The first-order chi connectivity index (χ1) is 11.7. The number of rotatable bonds is 3. The molecule has 0 saturated carbocycles. The van der Waals surface area contributed by atoms with E-state index >= 15 is 0 Å². The predicted octanol–water partition coefficient (Wildman–Crippen LogP) is 3.13. The molecule has 0 aromatic heterocycles. The molecule has 3 rings (SSSR count). The highest BCUT2D eigenvalue weighted by atomic mass is 16.5. The van der Waals surface area contributed by atoms with Gasteiger partial charge in [-0.2, -0.15) is 0 Å². The van der Waals surface area contributed by atoms with E-state index in [1.54, 1.807) is 17.1 Å². The minimum absolute atomic E-state index is 0.0187. The van der Waals surface area contributed by atoms with Crippen LogP contribution in [0, 0.1) is 5.41 Å². The van der Waals surface area contributed by atoms with Gasteiger partial charge in [-0.15, -0.1) is 0 Å². The smallest absolute Gasteiger partial charge is 0.242 e. The van der Waals surface area contributed by atoms with E-state index in [4.69, 9.17) is 4.74 Å². The Morgan fingerprint density at radius 3 is 2.48 bits per heavy atom. The zero-order valence-electron chi connectivity index (χ0n) is 15.6. The molecule has 0 bridgehead atoms. The van der Waals surface area contributed by atoms with Crippen LogP contribution in [-0.4, -0.2) is 42.9 Å². The maximum atomic E-state index is 13.0. The molecular formula is C20H26N2O3. The highest BCUT2D eigenvalue weighted by molar-refractivity contribution is 6.02. The summed E-state index contributed by atoms with van der Waals surface area (Å²) < 4.78 is 5.49. The second kappa shape index (κ2) is 6.30. The molecule has 0 fully saturated rings. The van der Waals surface area contributed by atoms with Crippen molar-refractivity contribution in [3.05, 3.63) is 41.1 Å². The van der Waals surface area contributed by atoms with E-state index in [1.165, 1.54) is 0 Å². The second-order valence-corrected chi connectivity index (χ2v) is 7.85. The van der Waals surface area contributed by atoms with Crippen molar-refractivity contribution in [2.75, 3.05) is 21.2 Å². The number of para-hydroxylation sites is 1. The lowest BCUT2D eigenvalue weighted by atomic mass is 9.69. The quantitative estimate of drug-likeness (QED) is 0.847. The largest absolute Gasteiger partial charge is 0.496 e. The molecule has 0 saturated heterocycles. The Morgan fingerprint density at radius 2 is 1.84 bits per heavy atom.